The van der Waals surface area contributed by atoms with Crippen LogP contribution in [0.15, 0.2) is 0 Å². The molecule has 2 unspecified atom stereocenters. The Morgan fingerprint density at radius 1 is 1.36 bits per heavy atom. The number of likely N-dealkylation sites (tertiary alicyclic amines) is 1. The molecule has 0 bridgehead atoms. The lowest BCUT2D eigenvalue weighted by Crippen LogP contribution is -2.48. The number of halogens is 3. The highest BCUT2D eigenvalue weighted by Gasteiger charge is 2.34. The van der Waals surface area contributed by atoms with Gasteiger partial charge in [0, 0.05) is 13.1 Å². The Balaban J connectivity index is 2.61. The summed E-state index contributed by atoms with van der Waals surface area (Å²) in [6.45, 7) is 5.45. The Labute approximate surface area is 130 Å². The van der Waals surface area contributed by atoms with Crippen molar-refractivity contribution in [1.29, 1.82) is 0 Å². The number of rotatable bonds is 6. The Bertz CT molecular complexity index is 359. The molecule has 0 aromatic carbocycles. The number of aliphatic hydroxyl groups excluding tert-OH is 1. The minimum absolute atomic E-state index is 0.00792. The van der Waals surface area contributed by atoms with Crippen LogP contribution in [0.4, 0.5) is 13.2 Å². The largest absolute Gasteiger partial charge is 0.406 e. The van der Waals surface area contributed by atoms with E-state index < -0.39 is 24.7 Å². The van der Waals surface area contributed by atoms with Gasteiger partial charge in [-0.2, -0.15) is 13.2 Å². The standard InChI is InChI=1S/C15H27F3N2O2/c1-11(2)7-20(10-15(16,17)18)14(22)9-19-6-4-5-13(8-19)12(3)21/h11-13,21H,4-10H2,1-3H3. The first-order chi connectivity index (χ1) is 10.1. The molecule has 1 aliphatic rings. The molecule has 0 saturated carbocycles. The molecule has 1 heterocycles. The predicted molar refractivity (Wildman–Crippen MR) is 78.3 cm³/mol. The zero-order valence-electron chi connectivity index (χ0n) is 13.6. The molecule has 0 aromatic rings. The second-order valence-corrected chi connectivity index (χ2v) is 6.66. The molecule has 7 heteroatoms. The Kier molecular flexibility index (Phi) is 7.12. The molecule has 1 amide bonds. The number of amides is 1. The monoisotopic (exact) mass is 324 g/mol. The number of hydrogen-bond acceptors (Lipinski definition) is 3. The van der Waals surface area contributed by atoms with Crippen LogP contribution in [0.3, 0.4) is 0 Å². The quantitative estimate of drug-likeness (QED) is 0.814. The highest BCUT2D eigenvalue weighted by molar-refractivity contribution is 5.78. The smallest absolute Gasteiger partial charge is 0.393 e. The summed E-state index contributed by atoms with van der Waals surface area (Å²) in [5.74, 6) is -0.419. The number of alkyl halides is 3. The van der Waals surface area contributed by atoms with Crippen LogP contribution in [0.25, 0.3) is 0 Å². The second kappa shape index (κ2) is 8.15. The van der Waals surface area contributed by atoms with E-state index in [1.54, 1.807) is 20.8 Å². The molecular formula is C15H27F3N2O2. The second-order valence-electron chi connectivity index (χ2n) is 6.66. The summed E-state index contributed by atoms with van der Waals surface area (Å²) in [5.41, 5.74) is 0. The maximum atomic E-state index is 12.6. The molecule has 1 fully saturated rings. The van der Waals surface area contributed by atoms with E-state index in [0.29, 0.717) is 13.1 Å². The van der Waals surface area contributed by atoms with Crippen LogP contribution >= 0.6 is 0 Å². The van der Waals surface area contributed by atoms with Crippen molar-refractivity contribution in [3.63, 3.8) is 0 Å². The van der Waals surface area contributed by atoms with E-state index in [9.17, 15) is 23.1 Å². The number of aliphatic hydroxyl groups is 1. The van der Waals surface area contributed by atoms with Crippen LogP contribution < -0.4 is 0 Å². The third kappa shape index (κ3) is 6.96. The van der Waals surface area contributed by atoms with Crippen molar-refractivity contribution < 1.29 is 23.1 Å². The summed E-state index contributed by atoms with van der Waals surface area (Å²) >= 11 is 0. The summed E-state index contributed by atoms with van der Waals surface area (Å²) in [6.07, 6.45) is -3.10. The van der Waals surface area contributed by atoms with Gasteiger partial charge in [-0.3, -0.25) is 9.69 Å². The molecule has 2 atom stereocenters. The van der Waals surface area contributed by atoms with Gasteiger partial charge in [-0.05, 0) is 38.1 Å². The molecule has 0 spiro atoms. The topological polar surface area (TPSA) is 43.8 Å². The van der Waals surface area contributed by atoms with Crippen molar-refractivity contribution in [2.24, 2.45) is 11.8 Å². The van der Waals surface area contributed by atoms with Gasteiger partial charge >= 0.3 is 6.18 Å². The molecule has 0 radical (unpaired) electrons. The van der Waals surface area contributed by atoms with Crippen molar-refractivity contribution in [1.82, 2.24) is 9.80 Å². The molecule has 22 heavy (non-hydrogen) atoms. The number of hydrogen-bond donors (Lipinski definition) is 1. The lowest BCUT2D eigenvalue weighted by molar-refractivity contribution is -0.163. The van der Waals surface area contributed by atoms with Crippen molar-refractivity contribution in [2.75, 3.05) is 32.7 Å². The lowest BCUT2D eigenvalue weighted by atomic mass is 9.93. The van der Waals surface area contributed by atoms with Crippen LogP contribution in [-0.4, -0.2) is 65.8 Å². The first kappa shape index (κ1) is 19.2. The fourth-order valence-electron chi connectivity index (χ4n) is 2.83. The summed E-state index contributed by atoms with van der Waals surface area (Å²) < 4.78 is 37.9. The van der Waals surface area contributed by atoms with Gasteiger partial charge in [-0.1, -0.05) is 13.8 Å². The summed E-state index contributed by atoms with van der Waals surface area (Å²) in [7, 11) is 0. The van der Waals surface area contributed by atoms with Gasteiger partial charge < -0.3 is 10.0 Å². The fraction of sp³-hybridized carbons (Fsp3) is 0.933. The van der Waals surface area contributed by atoms with Crippen LogP contribution in [0, 0.1) is 11.8 Å². The highest BCUT2D eigenvalue weighted by Crippen LogP contribution is 2.21. The first-order valence-electron chi connectivity index (χ1n) is 7.83. The third-order valence-corrected chi connectivity index (χ3v) is 3.89. The predicted octanol–water partition coefficient (Wildman–Crippen LogP) is 2.13. The first-order valence-corrected chi connectivity index (χ1v) is 7.83. The van der Waals surface area contributed by atoms with Gasteiger partial charge in [0.05, 0.1) is 12.6 Å². The Hall–Kier alpha value is -0.820. The van der Waals surface area contributed by atoms with Crippen LogP contribution in [0.1, 0.15) is 33.6 Å². The normalized spacial score (nSPS) is 21.9. The number of carbonyl (C=O) groups is 1. The minimum Gasteiger partial charge on any atom is -0.393 e. The van der Waals surface area contributed by atoms with E-state index in [1.165, 1.54) is 0 Å². The van der Waals surface area contributed by atoms with Crippen molar-refractivity contribution in [3.05, 3.63) is 0 Å². The van der Waals surface area contributed by atoms with E-state index >= 15 is 0 Å². The molecule has 4 nitrogen and oxygen atoms in total. The van der Waals surface area contributed by atoms with Crippen molar-refractivity contribution >= 4 is 5.91 Å². The zero-order valence-corrected chi connectivity index (χ0v) is 13.6. The number of nitrogens with zero attached hydrogens (tertiary/aromatic N) is 2. The lowest BCUT2D eigenvalue weighted by Gasteiger charge is -2.35. The minimum atomic E-state index is -4.38. The average molecular weight is 324 g/mol. The Morgan fingerprint density at radius 2 is 2.00 bits per heavy atom. The molecule has 1 rings (SSSR count). The zero-order chi connectivity index (χ0) is 16.9. The van der Waals surface area contributed by atoms with Gasteiger partial charge in [0.2, 0.25) is 5.91 Å². The average Bonchev–Trinajstić information content (AvgIpc) is 2.36. The summed E-state index contributed by atoms with van der Waals surface area (Å²) in [4.78, 5) is 15.0. The van der Waals surface area contributed by atoms with Gasteiger partial charge in [-0.25, -0.2) is 0 Å². The van der Waals surface area contributed by atoms with Crippen LogP contribution in [0.2, 0.25) is 0 Å². The highest BCUT2D eigenvalue weighted by atomic mass is 19.4. The molecule has 1 saturated heterocycles. The van der Waals surface area contributed by atoms with Gasteiger partial charge in [0.1, 0.15) is 6.54 Å². The maximum absolute atomic E-state index is 12.6. The van der Waals surface area contributed by atoms with E-state index in [-0.39, 0.29) is 24.9 Å². The van der Waals surface area contributed by atoms with Gasteiger partial charge in [0.25, 0.3) is 0 Å². The van der Waals surface area contributed by atoms with Crippen LogP contribution in [-0.2, 0) is 4.79 Å². The van der Waals surface area contributed by atoms with Crippen LogP contribution in [0.5, 0.6) is 0 Å². The summed E-state index contributed by atoms with van der Waals surface area (Å²) in [6, 6.07) is 0. The molecule has 130 valence electrons. The third-order valence-electron chi connectivity index (χ3n) is 3.89. The molecule has 0 aliphatic carbocycles. The summed E-state index contributed by atoms with van der Waals surface area (Å²) in [5, 5.41) is 9.64. The number of carbonyl (C=O) groups excluding carboxylic acids is 1. The van der Waals surface area contributed by atoms with Gasteiger partial charge in [-0.15, -0.1) is 0 Å². The van der Waals surface area contributed by atoms with E-state index in [4.69, 9.17) is 0 Å². The Morgan fingerprint density at radius 3 is 2.50 bits per heavy atom. The fourth-order valence-corrected chi connectivity index (χ4v) is 2.83. The SMILES string of the molecule is CC(C)CN(CC(F)(F)F)C(=O)CN1CCCC(C(C)O)C1. The van der Waals surface area contributed by atoms with E-state index in [2.05, 4.69) is 0 Å². The molecule has 1 aliphatic heterocycles. The van der Waals surface area contributed by atoms with Gasteiger partial charge in [0.15, 0.2) is 0 Å². The number of piperidine rings is 1. The molecule has 1 N–H and O–H groups in total. The molecular weight excluding hydrogens is 297 g/mol. The van der Waals surface area contributed by atoms with E-state index in [0.717, 1.165) is 17.7 Å². The van der Waals surface area contributed by atoms with Crippen molar-refractivity contribution in [3.8, 4) is 0 Å². The van der Waals surface area contributed by atoms with Crippen molar-refractivity contribution in [2.45, 2.75) is 45.9 Å². The molecule has 0 aromatic heterocycles. The van der Waals surface area contributed by atoms with E-state index in [1.807, 2.05) is 4.90 Å². The maximum Gasteiger partial charge on any atom is 0.406 e.